The Morgan fingerprint density at radius 3 is 2.50 bits per heavy atom. The van der Waals surface area contributed by atoms with Crippen LogP contribution in [0.3, 0.4) is 0 Å². The number of carbonyl (C=O) groups excluding carboxylic acids is 1. The van der Waals surface area contributed by atoms with Crippen molar-refractivity contribution in [1.29, 1.82) is 0 Å². The summed E-state index contributed by atoms with van der Waals surface area (Å²) in [6, 6.07) is 0. The zero-order chi connectivity index (χ0) is 10.6. The van der Waals surface area contributed by atoms with Crippen LogP contribution >= 0.6 is 0 Å². The van der Waals surface area contributed by atoms with Gasteiger partial charge in [-0.25, -0.2) is 0 Å². The molecule has 0 fully saturated rings. The second-order valence-corrected chi connectivity index (χ2v) is 3.76. The summed E-state index contributed by atoms with van der Waals surface area (Å²) in [5, 5.41) is 0. The van der Waals surface area contributed by atoms with Gasteiger partial charge in [-0.3, -0.25) is 4.79 Å². The van der Waals surface area contributed by atoms with Gasteiger partial charge in [0.05, 0.1) is 0 Å². The van der Waals surface area contributed by atoms with Gasteiger partial charge in [0, 0.05) is 20.1 Å². The smallest absolute Gasteiger partial charge is 0.232 e. The van der Waals surface area contributed by atoms with E-state index in [1.165, 1.54) is 14.2 Å². The first-order chi connectivity index (χ1) is 6.70. The predicted octanol–water partition coefficient (Wildman–Crippen LogP) is 1.78. The first kappa shape index (κ1) is 11.4. The first-order valence-electron chi connectivity index (χ1n) is 4.93. The van der Waals surface area contributed by atoms with Crippen LogP contribution in [0.1, 0.15) is 19.8 Å². The van der Waals surface area contributed by atoms with E-state index in [9.17, 15) is 4.79 Å². The molecule has 80 valence electrons. The molecule has 3 heteroatoms. The van der Waals surface area contributed by atoms with Gasteiger partial charge in [-0.2, -0.15) is 0 Å². The summed E-state index contributed by atoms with van der Waals surface area (Å²) in [5.41, 5.74) is 0. The molecule has 0 saturated carbocycles. The first-order valence-corrected chi connectivity index (χ1v) is 4.93. The topological polar surface area (TPSA) is 35.5 Å². The van der Waals surface area contributed by atoms with Crippen LogP contribution in [0.25, 0.3) is 0 Å². The number of aldehydes is 1. The molecule has 3 nitrogen and oxygen atoms in total. The third-order valence-electron chi connectivity index (χ3n) is 3.01. The Bertz CT molecular complexity index is 219. The maximum absolute atomic E-state index is 11.1. The molecule has 0 aromatic rings. The summed E-state index contributed by atoms with van der Waals surface area (Å²) in [6.45, 7) is 2.12. The minimum Gasteiger partial charge on any atom is -0.347 e. The minimum atomic E-state index is -1.10. The fourth-order valence-electron chi connectivity index (χ4n) is 2.03. The zero-order valence-corrected chi connectivity index (χ0v) is 9.03. The van der Waals surface area contributed by atoms with Crippen molar-refractivity contribution in [2.24, 2.45) is 11.8 Å². The molecule has 0 aliphatic heterocycles. The molecule has 2 atom stereocenters. The summed E-state index contributed by atoms with van der Waals surface area (Å²) in [7, 11) is 3.01. The highest BCUT2D eigenvalue weighted by Crippen LogP contribution is 2.34. The third kappa shape index (κ3) is 1.88. The molecule has 1 aliphatic carbocycles. The van der Waals surface area contributed by atoms with Crippen molar-refractivity contribution >= 4 is 6.29 Å². The third-order valence-corrected chi connectivity index (χ3v) is 3.01. The molecule has 0 bridgehead atoms. The van der Waals surface area contributed by atoms with E-state index in [-0.39, 0.29) is 5.92 Å². The molecule has 0 saturated heterocycles. The van der Waals surface area contributed by atoms with Crippen LogP contribution in [0.2, 0.25) is 0 Å². The van der Waals surface area contributed by atoms with Crippen LogP contribution in [0, 0.1) is 11.8 Å². The Morgan fingerprint density at radius 1 is 1.43 bits per heavy atom. The quantitative estimate of drug-likeness (QED) is 0.392. The average molecular weight is 198 g/mol. The molecule has 14 heavy (non-hydrogen) atoms. The Morgan fingerprint density at radius 2 is 2.07 bits per heavy atom. The maximum atomic E-state index is 11.1. The second kappa shape index (κ2) is 4.71. The summed E-state index contributed by atoms with van der Waals surface area (Å²) < 4.78 is 10.4. The summed E-state index contributed by atoms with van der Waals surface area (Å²) in [4.78, 5) is 11.1. The lowest BCUT2D eigenvalue weighted by molar-refractivity contribution is -0.219. The van der Waals surface area contributed by atoms with Crippen LogP contribution < -0.4 is 0 Å². The van der Waals surface area contributed by atoms with Crippen LogP contribution in [-0.4, -0.2) is 26.3 Å². The van der Waals surface area contributed by atoms with Crippen molar-refractivity contribution in [3.8, 4) is 0 Å². The summed E-state index contributed by atoms with van der Waals surface area (Å²) in [6.07, 6.45) is 7.00. The van der Waals surface area contributed by atoms with Gasteiger partial charge in [-0.05, 0) is 18.8 Å². The summed E-state index contributed by atoms with van der Waals surface area (Å²) in [5.74, 6) is -0.676. The van der Waals surface area contributed by atoms with E-state index in [2.05, 4.69) is 13.0 Å². The molecule has 0 spiro atoms. The maximum Gasteiger partial charge on any atom is 0.232 e. The molecule has 0 aromatic heterocycles. The predicted molar refractivity (Wildman–Crippen MR) is 53.8 cm³/mol. The number of hydrogen-bond acceptors (Lipinski definition) is 3. The van der Waals surface area contributed by atoms with Gasteiger partial charge in [0.15, 0.2) is 6.29 Å². The van der Waals surface area contributed by atoms with Crippen molar-refractivity contribution in [2.45, 2.75) is 25.6 Å². The highest BCUT2D eigenvalue weighted by atomic mass is 16.7. The lowest BCUT2D eigenvalue weighted by Gasteiger charge is -2.36. The lowest BCUT2D eigenvalue weighted by Crippen LogP contribution is -2.46. The number of rotatable bonds is 4. The van der Waals surface area contributed by atoms with Gasteiger partial charge in [0.1, 0.15) is 0 Å². The van der Waals surface area contributed by atoms with Crippen molar-refractivity contribution < 1.29 is 14.3 Å². The molecule has 1 rings (SSSR count). The molecule has 0 N–H and O–H groups in total. The largest absolute Gasteiger partial charge is 0.347 e. The molecule has 1 aliphatic rings. The van der Waals surface area contributed by atoms with Crippen LogP contribution in [0.5, 0.6) is 0 Å². The van der Waals surface area contributed by atoms with Crippen molar-refractivity contribution in [2.75, 3.05) is 14.2 Å². The van der Waals surface area contributed by atoms with E-state index in [0.717, 1.165) is 19.1 Å². The number of hydrogen-bond donors (Lipinski definition) is 0. The average Bonchev–Trinajstić information content (AvgIpc) is 2.24. The summed E-state index contributed by atoms with van der Waals surface area (Å²) >= 11 is 0. The van der Waals surface area contributed by atoms with E-state index in [0.29, 0.717) is 5.92 Å². The highest BCUT2D eigenvalue weighted by molar-refractivity contribution is 5.61. The molecular formula is C11H18O3. The monoisotopic (exact) mass is 198 g/mol. The van der Waals surface area contributed by atoms with Gasteiger partial charge in [0.2, 0.25) is 5.79 Å². The molecule has 2 unspecified atom stereocenters. The SMILES string of the molecule is COC(C=O)(OC)C1C=CCCC1C. The molecular weight excluding hydrogens is 180 g/mol. The van der Waals surface area contributed by atoms with Crippen molar-refractivity contribution in [1.82, 2.24) is 0 Å². The molecule has 0 amide bonds. The molecule has 0 heterocycles. The number of allylic oxidation sites excluding steroid dienone is 1. The molecule has 0 radical (unpaired) electrons. The van der Waals surface area contributed by atoms with E-state index >= 15 is 0 Å². The Hall–Kier alpha value is -0.670. The fraction of sp³-hybridized carbons (Fsp3) is 0.727. The van der Waals surface area contributed by atoms with Gasteiger partial charge in [-0.15, -0.1) is 0 Å². The van der Waals surface area contributed by atoms with Gasteiger partial charge < -0.3 is 9.47 Å². The van der Waals surface area contributed by atoms with Gasteiger partial charge in [0.25, 0.3) is 0 Å². The Labute approximate surface area is 85.1 Å². The number of carbonyl (C=O) groups is 1. The Balaban J connectivity index is 2.91. The fourth-order valence-corrected chi connectivity index (χ4v) is 2.03. The van der Waals surface area contributed by atoms with Crippen LogP contribution in [0.4, 0.5) is 0 Å². The van der Waals surface area contributed by atoms with Crippen molar-refractivity contribution in [3.05, 3.63) is 12.2 Å². The van der Waals surface area contributed by atoms with Crippen molar-refractivity contribution in [3.63, 3.8) is 0 Å². The van der Waals surface area contributed by atoms with E-state index in [1.807, 2.05) is 6.08 Å². The molecule has 0 aromatic carbocycles. The zero-order valence-electron chi connectivity index (χ0n) is 9.03. The normalized spacial score (nSPS) is 27.6. The van der Waals surface area contributed by atoms with Crippen LogP contribution in [0.15, 0.2) is 12.2 Å². The number of methoxy groups -OCH3 is 2. The van der Waals surface area contributed by atoms with Crippen LogP contribution in [-0.2, 0) is 14.3 Å². The second-order valence-electron chi connectivity index (χ2n) is 3.76. The van der Waals surface area contributed by atoms with E-state index in [4.69, 9.17) is 9.47 Å². The van der Waals surface area contributed by atoms with E-state index < -0.39 is 5.79 Å². The highest BCUT2D eigenvalue weighted by Gasteiger charge is 2.41. The van der Waals surface area contributed by atoms with Gasteiger partial charge in [-0.1, -0.05) is 19.1 Å². The van der Waals surface area contributed by atoms with Gasteiger partial charge >= 0.3 is 0 Å². The van der Waals surface area contributed by atoms with E-state index in [1.54, 1.807) is 0 Å². The Kier molecular flexibility index (Phi) is 3.84. The standard InChI is InChI=1S/C11H18O3/c1-9-6-4-5-7-10(9)11(8-12,13-2)14-3/h5,7-10H,4,6H2,1-3H3. The number of ether oxygens (including phenoxy) is 2. The minimum absolute atomic E-state index is 0.0174. The lowest BCUT2D eigenvalue weighted by atomic mass is 9.80.